The van der Waals surface area contributed by atoms with E-state index in [9.17, 15) is 9.18 Å². The zero-order valence-corrected chi connectivity index (χ0v) is 18.3. The van der Waals surface area contributed by atoms with Crippen molar-refractivity contribution in [1.82, 2.24) is 4.90 Å². The standard InChI is InChI=1S/C26H22FN3OS/c27-22-8-4-5-9-23(22)29-14-16-30(17-15-29)26-28-25(31)24(32-26)18-19-10-12-21(13-11-19)20-6-2-1-3-7-20/h1-13,18H,14-17H2. The van der Waals surface area contributed by atoms with Crippen LogP contribution in [-0.2, 0) is 4.79 Å². The molecule has 4 nitrogen and oxygen atoms in total. The van der Waals surface area contributed by atoms with Gasteiger partial charge in [-0.05, 0) is 46.7 Å². The van der Waals surface area contributed by atoms with E-state index in [1.807, 2.05) is 47.4 Å². The van der Waals surface area contributed by atoms with E-state index >= 15 is 0 Å². The highest BCUT2D eigenvalue weighted by Crippen LogP contribution is 2.32. The average molecular weight is 444 g/mol. The Morgan fingerprint density at radius 3 is 2.12 bits per heavy atom. The largest absolute Gasteiger partial charge is 0.366 e. The smallest absolute Gasteiger partial charge is 0.286 e. The van der Waals surface area contributed by atoms with E-state index in [1.54, 1.807) is 12.1 Å². The number of anilines is 1. The molecule has 0 unspecified atom stereocenters. The molecule has 1 saturated heterocycles. The van der Waals surface area contributed by atoms with Crippen molar-refractivity contribution in [2.45, 2.75) is 0 Å². The molecule has 0 saturated carbocycles. The first kappa shape index (κ1) is 20.5. The third kappa shape index (κ3) is 4.32. The van der Waals surface area contributed by atoms with Crippen molar-refractivity contribution in [2.75, 3.05) is 31.1 Å². The first-order valence-corrected chi connectivity index (χ1v) is 11.4. The number of amidine groups is 1. The van der Waals surface area contributed by atoms with Crippen LogP contribution in [0.25, 0.3) is 17.2 Å². The predicted molar refractivity (Wildman–Crippen MR) is 130 cm³/mol. The molecular formula is C26H22FN3OS. The molecule has 0 aliphatic carbocycles. The first-order chi connectivity index (χ1) is 15.7. The van der Waals surface area contributed by atoms with Gasteiger partial charge in [-0.1, -0.05) is 66.7 Å². The number of rotatable bonds is 3. The van der Waals surface area contributed by atoms with Crippen LogP contribution >= 0.6 is 11.8 Å². The van der Waals surface area contributed by atoms with Gasteiger partial charge in [-0.3, -0.25) is 4.79 Å². The molecule has 2 aliphatic heterocycles. The van der Waals surface area contributed by atoms with E-state index in [1.165, 1.54) is 17.8 Å². The fourth-order valence-electron chi connectivity index (χ4n) is 3.93. The number of carbonyl (C=O) groups excluding carboxylic acids is 1. The van der Waals surface area contributed by atoms with Gasteiger partial charge in [-0.15, -0.1) is 0 Å². The molecule has 1 amide bonds. The zero-order valence-electron chi connectivity index (χ0n) is 17.4. The second-order valence-electron chi connectivity index (χ2n) is 7.72. The molecule has 0 atom stereocenters. The molecule has 0 aromatic heterocycles. The van der Waals surface area contributed by atoms with E-state index in [0.29, 0.717) is 36.8 Å². The highest BCUT2D eigenvalue weighted by molar-refractivity contribution is 8.18. The monoisotopic (exact) mass is 443 g/mol. The summed E-state index contributed by atoms with van der Waals surface area (Å²) in [6.45, 7) is 2.78. The molecule has 0 bridgehead atoms. The molecule has 5 rings (SSSR count). The Balaban J connectivity index is 1.23. The van der Waals surface area contributed by atoms with Crippen LogP contribution in [0.1, 0.15) is 5.56 Å². The van der Waals surface area contributed by atoms with E-state index in [0.717, 1.165) is 21.9 Å². The SMILES string of the molecule is O=C1N=C(N2CCN(c3ccccc3F)CC2)SC1=Cc1ccc(-c2ccccc2)cc1. The molecule has 6 heteroatoms. The number of para-hydroxylation sites is 1. The number of hydrogen-bond acceptors (Lipinski definition) is 4. The molecule has 32 heavy (non-hydrogen) atoms. The lowest BCUT2D eigenvalue weighted by atomic mass is 10.0. The Morgan fingerprint density at radius 1 is 0.781 bits per heavy atom. The van der Waals surface area contributed by atoms with Gasteiger partial charge < -0.3 is 9.80 Å². The van der Waals surface area contributed by atoms with E-state index in [-0.39, 0.29) is 11.7 Å². The Bertz CT molecular complexity index is 1180. The van der Waals surface area contributed by atoms with Gasteiger partial charge >= 0.3 is 0 Å². The molecular weight excluding hydrogens is 421 g/mol. The van der Waals surface area contributed by atoms with Crippen LogP contribution in [0.3, 0.4) is 0 Å². The lowest BCUT2D eigenvalue weighted by molar-refractivity contribution is -0.113. The molecule has 3 aromatic carbocycles. The highest BCUT2D eigenvalue weighted by atomic mass is 32.2. The minimum absolute atomic E-state index is 0.200. The Labute approximate surface area is 191 Å². The van der Waals surface area contributed by atoms with E-state index in [2.05, 4.69) is 34.2 Å². The number of thioether (sulfide) groups is 1. The van der Waals surface area contributed by atoms with Crippen molar-refractivity contribution in [3.63, 3.8) is 0 Å². The van der Waals surface area contributed by atoms with Crippen LogP contribution in [0, 0.1) is 5.82 Å². The number of amides is 1. The Hall–Kier alpha value is -3.38. The van der Waals surface area contributed by atoms with Crippen LogP contribution in [-0.4, -0.2) is 42.2 Å². The van der Waals surface area contributed by atoms with Crippen LogP contribution in [0.5, 0.6) is 0 Å². The zero-order chi connectivity index (χ0) is 21.9. The second kappa shape index (κ2) is 9.01. The summed E-state index contributed by atoms with van der Waals surface area (Å²) in [7, 11) is 0. The van der Waals surface area contributed by atoms with Crippen LogP contribution in [0.2, 0.25) is 0 Å². The summed E-state index contributed by atoms with van der Waals surface area (Å²) in [6, 6.07) is 25.2. The van der Waals surface area contributed by atoms with Gasteiger partial charge in [0, 0.05) is 26.2 Å². The lowest BCUT2D eigenvalue weighted by Crippen LogP contribution is -2.48. The van der Waals surface area contributed by atoms with Crippen molar-refractivity contribution in [1.29, 1.82) is 0 Å². The number of carbonyl (C=O) groups is 1. The van der Waals surface area contributed by atoms with Crippen molar-refractivity contribution < 1.29 is 9.18 Å². The quantitative estimate of drug-likeness (QED) is 0.516. The summed E-state index contributed by atoms with van der Waals surface area (Å²) >= 11 is 1.42. The van der Waals surface area contributed by atoms with Gasteiger partial charge in [-0.25, -0.2) is 4.39 Å². The van der Waals surface area contributed by atoms with Gasteiger partial charge in [0.2, 0.25) is 0 Å². The van der Waals surface area contributed by atoms with Gasteiger partial charge in [0.15, 0.2) is 5.17 Å². The van der Waals surface area contributed by atoms with Crippen LogP contribution in [0.15, 0.2) is 88.8 Å². The third-order valence-corrected chi connectivity index (χ3v) is 6.71. The molecule has 0 spiro atoms. The highest BCUT2D eigenvalue weighted by Gasteiger charge is 2.29. The molecule has 3 aromatic rings. The molecule has 2 aliphatic rings. The summed E-state index contributed by atoms with van der Waals surface area (Å²) < 4.78 is 14.1. The maximum Gasteiger partial charge on any atom is 0.286 e. The minimum Gasteiger partial charge on any atom is -0.366 e. The van der Waals surface area contributed by atoms with Gasteiger partial charge in [0.1, 0.15) is 5.82 Å². The fraction of sp³-hybridized carbons (Fsp3) is 0.154. The summed E-state index contributed by atoms with van der Waals surface area (Å²) in [5, 5.41) is 0.732. The number of benzene rings is 3. The molecule has 1 fully saturated rings. The topological polar surface area (TPSA) is 35.9 Å². The number of halogens is 1. The number of nitrogens with zero attached hydrogens (tertiary/aromatic N) is 3. The minimum atomic E-state index is -0.202. The van der Waals surface area contributed by atoms with E-state index < -0.39 is 0 Å². The normalized spacial score (nSPS) is 17.7. The maximum atomic E-state index is 14.1. The summed E-state index contributed by atoms with van der Waals surface area (Å²) in [4.78, 5) is 21.5. The Kier molecular flexibility index (Phi) is 5.77. The van der Waals surface area contributed by atoms with Crippen LogP contribution < -0.4 is 4.90 Å². The number of piperazine rings is 1. The molecule has 0 N–H and O–H groups in total. The van der Waals surface area contributed by atoms with Crippen LogP contribution in [0.4, 0.5) is 10.1 Å². The van der Waals surface area contributed by atoms with Crippen molar-refractivity contribution in [3.05, 3.63) is 95.1 Å². The lowest BCUT2D eigenvalue weighted by Gasteiger charge is -2.36. The van der Waals surface area contributed by atoms with Gasteiger partial charge in [-0.2, -0.15) is 4.99 Å². The fourth-order valence-corrected chi connectivity index (χ4v) is 4.90. The third-order valence-electron chi connectivity index (χ3n) is 5.67. The number of aliphatic imine (C=N–C) groups is 1. The summed E-state index contributed by atoms with van der Waals surface area (Å²) in [6.07, 6.45) is 1.90. The van der Waals surface area contributed by atoms with E-state index in [4.69, 9.17) is 0 Å². The van der Waals surface area contributed by atoms with Crippen molar-refractivity contribution >= 4 is 34.6 Å². The second-order valence-corrected chi connectivity index (χ2v) is 8.73. The molecule has 2 heterocycles. The van der Waals surface area contributed by atoms with Gasteiger partial charge in [0.25, 0.3) is 5.91 Å². The maximum absolute atomic E-state index is 14.1. The number of hydrogen-bond donors (Lipinski definition) is 0. The van der Waals surface area contributed by atoms with Gasteiger partial charge in [0.05, 0.1) is 10.6 Å². The molecule has 0 radical (unpaired) electrons. The van der Waals surface area contributed by atoms with Crippen molar-refractivity contribution in [3.8, 4) is 11.1 Å². The molecule has 160 valence electrons. The predicted octanol–water partition coefficient (Wildman–Crippen LogP) is 5.29. The summed E-state index contributed by atoms with van der Waals surface area (Å²) in [5.74, 6) is -0.402. The first-order valence-electron chi connectivity index (χ1n) is 10.6. The van der Waals surface area contributed by atoms with Crippen molar-refractivity contribution in [2.24, 2.45) is 4.99 Å². The average Bonchev–Trinajstić information content (AvgIpc) is 3.20. The summed E-state index contributed by atoms with van der Waals surface area (Å²) in [5.41, 5.74) is 3.91. The Morgan fingerprint density at radius 2 is 1.41 bits per heavy atom.